The molecule has 0 spiro atoms. The number of carbonyl (C=O) groups excluding carboxylic acids is 2. The Balaban J connectivity index is 1.94. The van der Waals surface area contributed by atoms with Crippen LogP contribution in [0.15, 0.2) is 48.7 Å². The summed E-state index contributed by atoms with van der Waals surface area (Å²) < 4.78 is 12.8. The quantitative estimate of drug-likeness (QED) is 0.626. The zero-order valence-electron chi connectivity index (χ0n) is 14.9. The topological polar surface area (TPSA) is 56.5 Å². The van der Waals surface area contributed by atoms with Crippen LogP contribution in [0.3, 0.4) is 0 Å². The Bertz CT molecular complexity index is 745. The van der Waals surface area contributed by atoms with Crippen LogP contribution in [-0.2, 0) is 19.1 Å². The predicted molar refractivity (Wildman–Crippen MR) is 93.3 cm³/mol. The third-order valence-electron chi connectivity index (χ3n) is 5.39. The first-order valence-electron chi connectivity index (χ1n) is 9.11. The number of carbonyl (C=O) groups is 2. The van der Waals surface area contributed by atoms with Crippen LogP contribution < -0.4 is 4.57 Å². The van der Waals surface area contributed by atoms with E-state index in [1.807, 2.05) is 42.6 Å². The van der Waals surface area contributed by atoms with Crippen molar-refractivity contribution in [1.82, 2.24) is 0 Å². The SMILES string of the molecule is CCOC(=O)[C@@H]1[C@@H](C(=O)OCC)[C@H]2c3ccccc3[C@@H]1[n+]1ccccc12. The lowest BCUT2D eigenvalue weighted by Gasteiger charge is -2.43. The minimum Gasteiger partial charge on any atom is -0.466 e. The van der Waals surface area contributed by atoms with Gasteiger partial charge in [-0.2, -0.15) is 4.57 Å². The highest BCUT2D eigenvalue weighted by Gasteiger charge is 2.61. The van der Waals surface area contributed by atoms with Crippen LogP contribution in [0.1, 0.15) is 42.6 Å². The zero-order chi connectivity index (χ0) is 18.3. The number of hydrogen-bond donors (Lipinski definition) is 0. The predicted octanol–water partition coefficient (Wildman–Crippen LogP) is 2.38. The molecule has 0 fully saturated rings. The molecule has 0 saturated carbocycles. The highest BCUT2D eigenvalue weighted by molar-refractivity contribution is 5.85. The molecule has 0 unspecified atom stereocenters. The molecule has 5 heteroatoms. The molecule has 1 aliphatic carbocycles. The average molecular weight is 352 g/mol. The lowest BCUT2D eigenvalue weighted by atomic mass is 9.62. The van der Waals surface area contributed by atoms with Gasteiger partial charge in [0.25, 0.3) is 0 Å². The van der Waals surface area contributed by atoms with E-state index in [0.717, 1.165) is 16.8 Å². The van der Waals surface area contributed by atoms with E-state index in [-0.39, 0.29) is 30.5 Å². The first-order valence-corrected chi connectivity index (χ1v) is 9.11. The molecule has 1 aromatic carbocycles. The molecule has 2 aromatic rings. The maximum absolute atomic E-state index is 12.9. The number of aromatic nitrogens is 1. The molecule has 0 saturated heterocycles. The fourth-order valence-corrected chi connectivity index (χ4v) is 4.54. The third-order valence-corrected chi connectivity index (χ3v) is 5.39. The number of fused-ring (bicyclic) bond motifs is 1. The molecular formula is C21H22NO4+. The molecule has 26 heavy (non-hydrogen) atoms. The van der Waals surface area contributed by atoms with Gasteiger partial charge in [-0.1, -0.05) is 30.3 Å². The smallest absolute Gasteiger partial charge is 0.317 e. The Morgan fingerprint density at radius 1 is 0.885 bits per heavy atom. The second-order valence-electron chi connectivity index (χ2n) is 6.64. The number of esters is 2. The monoisotopic (exact) mass is 352 g/mol. The van der Waals surface area contributed by atoms with Gasteiger partial charge in [-0.05, 0) is 19.4 Å². The lowest BCUT2D eigenvalue weighted by Crippen LogP contribution is -2.62. The number of hydrogen-bond acceptors (Lipinski definition) is 4. The van der Waals surface area contributed by atoms with E-state index in [9.17, 15) is 9.59 Å². The third kappa shape index (κ3) is 2.34. The highest BCUT2D eigenvalue weighted by Crippen LogP contribution is 2.52. The first kappa shape index (κ1) is 16.8. The Labute approximate surface area is 152 Å². The summed E-state index contributed by atoms with van der Waals surface area (Å²) in [5, 5.41) is 0. The van der Waals surface area contributed by atoms with Gasteiger partial charge in [0, 0.05) is 17.7 Å². The highest BCUT2D eigenvalue weighted by atomic mass is 16.5. The van der Waals surface area contributed by atoms with Crippen LogP contribution in [0.2, 0.25) is 0 Å². The summed E-state index contributed by atoms with van der Waals surface area (Å²) in [5.41, 5.74) is 3.22. The maximum atomic E-state index is 12.9. The number of nitrogens with zero attached hydrogens (tertiary/aromatic N) is 1. The van der Waals surface area contributed by atoms with Crippen LogP contribution in [0.4, 0.5) is 0 Å². The number of ether oxygens (including phenoxy) is 2. The Morgan fingerprint density at radius 3 is 2.19 bits per heavy atom. The van der Waals surface area contributed by atoms with Gasteiger partial charge in [0.05, 0.1) is 25.0 Å². The number of pyridine rings is 1. The van der Waals surface area contributed by atoms with E-state index in [0.29, 0.717) is 6.61 Å². The second kappa shape index (κ2) is 6.56. The summed E-state index contributed by atoms with van der Waals surface area (Å²) >= 11 is 0. The largest absolute Gasteiger partial charge is 0.466 e. The van der Waals surface area contributed by atoms with E-state index in [1.54, 1.807) is 13.8 Å². The summed E-state index contributed by atoms with van der Waals surface area (Å²) in [6.45, 7) is 4.15. The molecule has 3 aliphatic rings. The van der Waals surface area contributed by atoms with E-state index in [1.165, 1.54) is 0 Å². The Kier molecular flexibility index (Phi) is 4.23. The maximum Gasteiger partial charge on any atom is 0.317 e. The molecule has 0 radical (unpaired) electrons. The normalized spacial score (nSPS) is 25.2. The fourth-order valence-electron chi connectivity index (χ4n) is 4.54. The van der Waals surface area contributed by atoms with E-state index < -0.39 is 11.8 Å². The van der Waals surface area contributed by atoms with Crippen molar-refractivity contribution >= 4 is 11.9 Å². The number of benzene rings is 1. The summed E-state index contributed by atoms with van der Waals surface area (Å²) in [6.07, 6.45) is 1.98. The molecular weight excluding hydrogens is 330 g/mol. The van der Waals surface area contributed by atoms with Crippen molar-refractivity contribution in [3.05, 3.63) is 65.5 Å². The lowest BCUT2D eigenvalue weighted by molar-refractivity contribution is -0.737. The molecule has 4 atom stereocenters. The molecule has 134 valence electrons. The summed E-state index contributed by atoms with van der Waals surface area (Å²) in [6, 6.07) is 13.7. The minimum absolute atomic E-state index is 0.217. The molecule has 2 aliphatic heterocycles. The Hall–Kier alpha value is -2.69. The second-order valence-corrected chi connectivity index (χ2v) is 6.64. The molecule has 2 bridgehead atoms. The number of rotatable bonds is 4. The molecule has 0 amide bonds. The first-order chi connectivity index (χ1) is 12.7. The minimum atomic E-state index is -0.589. The van der Waals surface area contributed by atoms with Crippen LogP contribution in [0.5, 0.6) is 0 Å². The van der Waals surface area contributed by atoms with E-state index >= 15 is 0 Å². The van der Waals surface area contributed by atoms with Gasteiger partial charge >= 0.3 is 11.9 Å². The van der Waals surface area contributed by atoms with Crippen molar-refractivity contribution < 1.29 is 23.6 Å². The van der Waals surface area contributed by atoms with Gasteiger partial charge < -0.3 is 9.47 Å². The summed E-state index contributed by atoms with van der Waals surface area (Å²) in [5.74, 6) is -2.04. The van der Waals surface area contributed by atoms with Gasteiger partial charge in [-0.25, -0.2) is 0 Å². The van der Waals surface area contributed by atoms with Crippen LogP contribution >= 0.6 is 0 Å². The van der Waals surface area contributed by atoms with Crippen molar-refractivity contribution in [2.24, 2.45) is 11.8 Å². The van der Waals surface area contributed by atoms with E-state index in [2.05, 4.69) is 10.6 Å². The van der Waals surface area contributed by atoms with Gasteiger partial charge in [0.1, 0.15) is 5.92 Å². The summed E-state index contributed by atoms with van der Waals surface area (Å²) in [7, 11) is 0. The van der Waals surface area contributed by atoms with Crippen LogP contribution in [0.25, 0.3) is 0 Å². The standard InChI is InChI=1S/C21H22NO4/c1-3-25-20(23)17-16-13-9-5-6-10-14(13)19(18(17)21(24)26-4-2)22-12-8-7-11-15(16)22/h5-12,16-19H,3-4H2,1-2H3/q+1/t16-,17-,18+,19-/m0/s1. The van der Waals surface area contributed by atoms with Crippen molar-refractivity contribution in [2.45, 2.75) is 25.8 Å². The molecule has 1 aromatic heterocycles. The van der Waals surface area contributed by atoms with Crippen LogP contribution in [-0.4, -0.2) is 25.2 Å². The zero-order valence-corrected chi connectivity index (χ0v) is 14.9. The molecule has 5 nitrogen and oxygen atoms in total. The van der Waals surface area contributed by atoms with Gasteiger partial charge in [0.15, 0.2) is 17.9 Å². The van der Waals surface area contributed by atoms with Crippen molar-refractivity contribution in [3.63, 3.8) is 0 Å². The van der Waals surface area contributed by atoms with Crippen molar-refractivity contribution in [2.75, 3.05) is 13.2 Å². The molecule has 3 heterocycles. The summed E-state index contributed by atoms with van der Waals surface area (Å²) in [4.78, 5) is 25.8. The van der Waals surface area contributed by atoms with E-state index in [4.69, 9.17) is 9.47 Å². The van der Waals surface area contributed by atoms with Crippen molar-refractivity contribution in [1.29, 1.82) is 0 Å². The van der Waals surface area contributed by atoms with Crippen LogP contribution in [0, 0.1) is 11.8 Å². The van der Waals surface area contributed by atoms with Gasteiger partial charge in [0.2, 0.25) is 0 Å². The Morgan fingerprint density at radius 2 is 1.50 bits per heavy atom. The van der Waals surface area contributed by atoms with Gasteiger partial charge in [-0.3, -0.25) is 9.59 Å². The van der Waals surface area contributed by atoms with Gasteiger partial charge in [-0.15, -0.1) is 0 Å². The molecule has 0 N–H and O–H groups in total. The fraction of sp³-hybridized carbons (Fsp3) is 0.381. The van der Waals surface area contributed by atoms with Crippen molar-refractivity contribution in [3.8, 4) is 0 Å². The average Bonchev–Trinajstić information content (AvgIpc) is 2.67. The molecule has 5 rings (SSSR count).